The lowest BCUT2D eigenvalue weighted by molar-refractivity contribution is -0.137. The van der Waals surface area contributed by atoms with E-state index < -0.39 is 11.7 Å². The highest BCUT2D eigenvalue weighted by Gasteiger charge is 2.30. The minimum absolute atomic E-state index is 0.223. The van der Waals surface area contributed by atoms with Gasteiger partial charge in [-0.3, -0.25) is 0 Å². The number of rotatable bonds is 6. The third-order valence-corrected chi connectivity index (χ3v) is 2.60. The van der Waals surface area contributed by atoms with Gasteiger partial charge in [-0.25, -0.2) is 0 Å². The van der Waals surface area contributed by atoms with E-state index in [4.69, 9.17) is 4.74 Å². The number of likely N-dealkylation sites (N-methyl/N-ethyl adjacent to an activating group) is 1. The first kappa shape index (κ1) is 15.0. The fourth-order valence-corrected chi connectivity index (χ4v) is 1.62. The van der Waals surface area contributed by atoms with E-state index in [1.807, 2.05) is 6.92 Å². The molecule has 1 unspecified atom stereocenters. The lowest BCUT2D eigenvalue weighted by Gasteiger charge is -2.18. The molecule has 18 heavy (non-hydrogen) atoms. The van der Waals surface area contributed by atoms with Crippen LogP contribution >= 0.6 is 0 Å². The van der Waals surface area contributed by atoms with Crippen LogP contribution in [0.5, 0.6) is 0 Å². The van der Waals surface area contributed by atoms with E-state index in [9.17, 15) is 13.2 Å². The molecule has 0 spiro atoms. The third-order valence-electron chi connectivity index (χ3n) is 2.60. The topological polar surface area (TPSA) is 21.3 Å². The minimum atomic E-state index is -4.31. The van der Waals surface area contributed by atoms with Gasteiger partial charge in [-0.05, 0) is 31.2 Å². The zero-order valence-electron chi connectivity index (χ0n) is 10.6. The molecule has 1 rings (SSSR count). The minimum Gasteiger partial charge on any atom is -0.379 e. The van der Waals surface area contributed by atoms with E-state index in [2.05, 4.69) is 5.32 Å². The highest BCUT2D eigenvalue weighted by Crippen LogP contribution is 2.30. The van der Waals surface area contributed by atoms with Crippen molar-refractivity contribution in [2.75, 3.05) is 20.3 Å². The van der Waals surface area contributed by atoms with Crippen molar-refractivity contribution in [2.45, 2.75) is 25.6 Å². The molecule has 102 valence electrons. The normalized spacial score (nSPS) is 13.6. The quantitative estimate of drug-likeness (QED) is 0.792. The Kier molecular flexibility index (Phi) is 5.62. The molecule has 1 aromatic carbocycles. The van der Waals surface area contributed by atoms with Crippen molar-refractivity contribution in [3.05, 3.63) is 35.4 Å². The van der Waals surface area contributed by atoms with Crippen molar-refractivity contribution < 1.29 is 17.9 Å². The van der Waals surface area contributed by atoms with Gasteiger partial charge in [0.25, 0.3) is 0 Å². The highest BCUT2D eigenvalue weighted by atomic mass is 19.4. The van der Waals surface area contributed by atoms with E-state index in [-0.39, 0.29) is 6.04 Å². The average molecular weight is 261 g/mol. The Morgan fingerprint density at radius 1 is 1.33 bits per heavy atom. The van der Waals surface area contributed by atoms with E-state index in [0.29, 0.717) is 18.8 Å². The molecule has 2 nitrogen and oxygen atoms in total. The van der Waals surface area contributed by atoms with Crippen molar-refractivity contribution >= 4 is 0 Å². The van der Waals surface area contributed by atoms with Crippen LogP contribution in [0.2, 0.25) is 0 Å². The van der Waals surface area contributed by atoms with Crippen LogP contribution in [0.1, 0.15) is 30.5 Å². The fourth-order valence-electron chi connectivity index (χ4n) is 1.62. The van der Waals surface area contributed by atoms with Gasteiger partial charge in [0.05, 0.1) is 18.2 Å². The Bertz CT molecular complexity index is 365. The Morgan fingerprint density at radius 3 is 2.61 bits per heavy atom. The summed E-state index contributed by atoms with van der Waals surface area (Å²) in [6.07, 6.45) is -3.42. The molecule has 0 aliphatic rings. The van der Waals surface area contributed by atoms with Crippen molar-refractivity contribution in [3.8, 4) is 0 Å². The Labute approximate surface area is 105 Å². The average Bonchev–Trinajstić information content (AvgIpc) is 2.34. The Balaban J connectivity index is 2.79. The maximum atomic E-state index is 12.6. The number of halogens is 3. The molecule has 0 aliphatic carbocycles. The van der Waals surface area contributed by atoms with Gasteiger partial charge in [0, 0.05) is 6.61 Å². The van der Waals surface area contributed by atoms with Crippen LogP contribution in [0.25, 0.3) is 0 Å². The van der Waals surface area contributed by atoms with Gasteiger partial charge in [-0.15, -0.1) is 0 Å². The monoisotopic (exact) mass is 261 g/mol. The first-order valence-electron chi connectivity index (χ1n) is 5.91. The molecule has 0 saturated heterocycles. The molecule has 0 bridgehead atoms. The van der Waals surface area contributed by atoms with E-state index in [1.165, 1.54) is 6.07 Å². The van der Waals surface area contributed by atoms with Crippen LogP contribution in [0.15, 0.2) is 24.3 Å². The summed E-state index contributed by atoms with van der Waals surface area (Å²) in [6.45, 7) is 2.96. The largest absolute Gasteiger partial charge is 0.416 e. The first-order valence-corrected chi connectivity index (χ1v) is 5.91. The summed E-state index contributed by atoms with van der Waals surface area (Å²) in [5, 5.41) is 2.96. The number of alkyl halides is 3. The van der Waals surface area contributed by atoms with Crippen LogP contribution in [0, 0.1) is 0 Å². The van der Waals surface area contributed by atoms with Crippen molar-refractivity contribution in [1.82, 2.24) is 5.32 Å². The van der Waals surface area contributed by atoms with Crippen LogP contribution in [-0.4, -0.2) is 20.3 Å². The van der Waals surface area contributed by atoms with Crippen molar-refractivity contribution in [3.63, 3.8) is 0 Å². The summed E-state index contributed by atoms with van der Waals surface area (Å²) < 4.78 is 43.1. The summed E-state index contributed by atoms with van der Waals surface area (Å²) in [4.78, 5) is 0. The zero-order valence-corrected chi connectivity index (χ0v) is 10.6. The second-order valence-electron chi connectivity index (χ2n) is 4.04. The fraction of sp³-hybridized carbons (Fsp3) is 0.538. The van der Waals surface area contributed by atoms with Crippen LogP contribution in [0.3, 0.4) is 0 Å². The summed E-state index contributed by atoms with van der Waals surface area (Å²) in [5.41, 5.74) is -0.0424. The second-order valence-corrected chi connectivity index (χ2v) is 4.04. The standard InChI is InChI=1S/C13H18F3NO/c1-3-7-18-9-12(17-2)10-5-4-6-11(8-10)13(14,15)16/h4-6,8,12,17H,3,7,9H2,1-2H3. The molecular weight excluding hydrogens is 243 g/mol. The highest BCUT2D eigenvalue weighted by molar-refractivity contribution is 5.28. The molecule has 0 aromatic heterocycles. The lowest BCUT2D eigenvalue weighted by atomic mass is 10.0. The van der Waals surface area contributed by atoms with E-state index in [1.54, 1.807) is 13.1 Å². The predicted octanol–water partition coefficient (Wildman–Crippen LogP) is 3.39. The summed E-state index contributed by atoms with van der Waals surface area (Å²) in [7, 11) is 1.71. The molecule has 1 N–H and O–H groups in total. The van der Waals surface area contributed by atoms with E-state index >= 15 is 0 Å². The molecule has 1 aromatic rings. The predicted molar refractivity (Wildman–Crippen MR) is 64.4 cm³/mol. The number of nitrogens with one attached hydrogen (secondary N) is 1. The third kappa shape index (κ3) is 4.31. The molecule has 5 heteroatoms. The maximum Gasteiger partial charge on any atom is 0.416 e. The van der Waals surface area contributed by atoms with Gasteiger partial charge < -0.3 is 10.1 Å². The first-order chi connectivity index (χ1) is 8.49. The summed E-state index contributed by atoms with van der Waals surface area (Å²) in [5.74, 6) is 0. The van der Waals surface area contributed by atoms with Crippen molar-refractivity contribution in [1.29, 1.82) is 0 Å². The van der Waals surface area contributed by atoms with E-state index in [0.717, 1.165) is 18.6 Å². The van der Waals surface area contributed by atoms with Crippen LogP contribution in [0.4, 0.5) is 13.2 Å². The lowest BCUT2D eigenvalue weighted by Crippen LogP contribution is -2.22. The Morgan fingerprint density at radius 2 is 2.06 bits per heavy atom. The maximum absolute atomic E-state index is 12.6. The molecule has 0 radical (unpaired) electrons. The molecule has 1 atom stereocenters. The molecule has 0 heterocycles. The molecule has 0 fully saturated rings. The SMILES string of the molecule is CCCOCC(NC)c1cccc(C(F)(F)F)c1. The second kappa shape index (κ2) is 6.75. The smallest absolute Gasteiger partial charge is 0.379 e. The van der Waals surface area contributed by atoms with Gasteiger partial charge in [0.2, 0.25) is 0 Å². The number of ether oxygens (including phenoxy) is 1. The van der Waals surface area contributed by atoms with Crippen LogP contribution < -0.4 is 5.32 Å². The zero-order chi connectivity index (χ0) is 13.6. The van der Waals surface area contributed by atoms with Crippen molar-refractivity contribution in [2.24, 2.45) is 0 Å². The summed E-state index contributed by atoms with van der Waals surface area (Å²) >= 11 is 0. The number of hydrogen-bond acceptors (Lipinski definition) is 2. The molecular formula is C13H18F3NO. The van der Waals surface area contributed by atoms with Gasteiger partial charge in [-0.1, -0.05) is 19.1 Å². The van der Waals surface area contributed by atoms with Gasteiger partial charge in [0.15, 0.2) is 0 Å². The van der Waals surface area contributed by atoms with Gasteiger partial charge >= 0.3 is 6.18 Å². The Hall–Kier alpha value is -1.07. The number of hydrogen-bond donors (Lipinski definition) is 1. The molecule has 0 amide bonds. The molecule has 0 saturated carbocycles. The van der Waals surface area contributed by atoms with Crippen LogP contribution in [-0.2, 0) is 10.9 Å². The van der Waals surface area contributed by atoms with Gasteiger partial charge in [0.1, 0.15) is 0 Å². The van der Waals surface area contributed by atoms with Gasteiger partial charge in [-0.2, -0.15) is 13.2 Å². The summed E-state index contributed by atoms with van der Waals surface area (Å²) in [6, 6.07) is 5.10. The molecule has 0 aliphatic heterocycles. The number of benzene rings is 1.